The molecule has 0 unspecified atom stereocenters. The number of nitrogens with one attached hydrogen (secondary N) is 1. The number of para-hydroxylation sites is 1. The number of hydrogen-bond donors (Lipinski definition) is 1. The highest BCUT2D eigenvalue weighted by atomic mass is 32.1. The Morgan fingerprint density at radius 1 is 1.27 bits per heavy atom. The van der Waals surface area contributed by atoms with Crippen LogP contribution in [-0.4, -0.2) is 34.6 Å². The first-order chi connectivity index (χ1) is 12.6. The summed E-state index contributed by atoms with van der Waals surface area (Å²) in [5, 5.41) is 6.19. The Balaban J connectivity index is 1.83. The highest BCUT2D eigenvalue weighted by molar-refractivity contribution is 7.13. The first kappa shape index (κ1) is 18.1. The molecule has 0 saturated heterocycles. The summed E-state index contributed by atoms with van der Waals surface area (Å²) < 4.78 is 7.03. The number of amides is 1. The molecule has 0 bridgehead atoms. The molecule has 1 aromatic carbocycles. The summed E-state index contributed by atoms with van der Waals surface area (Å²) in [5.74, 6) is -0.835. The van der Waals surface area contributed by atoms with Crippen molar-refractivity contribution >= 4 is 34.1 Å². The molecule has 0 fully saturated rings. The van der Waals surface area contributed by atoms with Crippen LogP contribution >= 0.6 is 11.3 Å². The molecule has 3 rings (SSSR count). The van der Waals surface area contributed by atoms with E-state index in [0.717, 1.165) is 34.6 Å². The zero-order valence-electron chi connectivity index (χ0n) is 14.8. The van der Waals surface area contributed by atoms with Crippen LogP contribution in [0.2, 0.25) is 0 Å². The molecule has 7 heteroatoms. The van der Waals surface area contributed by atoms with Crippen molar-refractivity contribution in [1.82, 2.24) is 14.9 Å². The summed E-state index contributed by atoms with van der Waals surface area (Å²) in [6.07, 6.45) is 1.00. The maximum absolute atomic E-state index is 12.2. The van der Waals surface area contributed by atoms with E-state index in [9.17, 15) is 9.59 Å². The number of esters is 1. The van der Waals surface area contributed by atoms with Crippen molar-refractivity contribution in [3.05, 3.63) is 41.4 Å². The van der Waals surface area contributed by atoms with Crippen molar-refractivity contribution in [3.63, 3.8) is 0 Å². The summed E-state index contributed by atoms with van der Waals surface area (Å²) in [5.41, 5.74) is 2.47. The van der Waals surface area contributed by atoms with Crippen molar-refractivity contribution in [3.8, 4) is 10.7 Å². The standard InChI is InChI=1S/C19H21N3O3S/c1-3-9-22-15-8-6-5-7-13(15)10-16(22)19-21-14(12-26-19)18(24)20-11-17(23)25-4-2/h5-8,10,12H,3-4,9,11H2,1-2H3,(H,20,24). The summed E-state index contributed by atoms with van der Waals surface area (Å²) in [6.45, 7) is 4.87. The van der Waals surface area contributed by atoms with E-state index in [1.54, 1.807) is 12.3 Å². The van der Waals surface area contributed by atoms with Gasteiger partial charge in [-0.1, -0.05) is 25.1 Å². The lowest BCUT2D eigenvalue weighted by atomic mass is 10.2. The summed E-state index contributed by atoms with van der Waals surface area (Å²) in [7, 11) is 0. The van der Waals surface area contributed by atoms with E-state index in [2.05, 4.69) is 40.0 Å². The van der Waals surface area contributed by atoms with Crippen molar-refractivity contribution in [2.45, 2.75) is 26.8 Å². The molecular formula is C19H21N3O3S. The number of rotatable bonds is 7. The van der Waals surface area contributed by atoms with Gasteiger partial charge < -0.3 is 14.6 Å². The Hall–Kier alpha value is -2.67. The first-order valence-corrected chi connectivity index (χ1v) is 9.50. The minimum Gasteiger partial charge on any atom is -0.465 e. The molecule has 1 N–H and O–H groups in total. The second-order valence-corrected chi connectivity index (χ2v) is 6.62. The molecule has 0 atom stereocenters. The van der Waals surface area contributed by atoms with E-state index < -0.39 is 5.97 Å². The summed E-state index contributed by atoms with van der Waals surface area (Å²) >= 11 is 1.42. The van der Waals surface area contributed by atoms with Crippen LogP contribution in [0, 0.1) is 0 Å². The van der Waals surface area contributed by atoms with Crippen molar-refractivity contribution < 1.29 is 14.3 Å². The molecule has 1 amide bonds. The van der Waals surface area contributed by atoms with Gasteiger partial charge in [-0.15, -0.1) is 11.3 Å². The van der Waals surface area contributed by atoms with E-state index in [1.165, 1.54) is 11.3 Å². The number of carbonyl (C=O) groups excluding carboxylic acids is 2. The lowest BCUT2D eigenvalue weighted by Crippen LogP contribution is -2.30. The minimum atomic E-state index is -0.459. The van der Waals surface area contributed by atoms with Crippen LogP contribution in [0.15, 0.2) is 35.7 Å². The molecular weight excluding hydrogens is 350 g/mol. The molecule has 2 aromatic heterocycles. The van der Waals surface area contributed by atoms with E-state index in [1.807, 2.05) is 12.1 Å². The summed E-state index contributed by atoms with van der Waals surface area (Å²) in [6, 6.07) is 10.3. The normalized spacial score (nSPS) is 10.8. The number of carbonyl (C=O) groups is 2. The number of ether oxygens (including phenoxy) is 1. The Kier molecular flexibility index (Phi) is 5.68. The molecule has 0 spiro atoms. The molecule has 3 aromatic rings. The third-order valence-electron chi connectivity index (χ3n) is 3.91. The molecule has 136 valence electrons. The zero-order chi connectivity index (χ0) is 18.5. The van der Waals surface area contributed by atoms with E-state index >= 15 is 0 Å². The van der Waals surface area contributed by atoms with Crippen LogP contribution in [0.1, 0.15) is 30.8 Å². The van der Waals surface area contributed by atoms with E-state index in [0.29, 0.717) is 5.69 Å². The van der Waals surface area contributed by atoms with Gasteiger partial charge in [-0.05, 0) is 25.5 Å². The van der Waals surface area contributed by atoms with E-state index in [-0.39, 0.29) is 19.1 Å². The predicted molar refractivity (Wildman–Crippen MR) is 102 cm³/mol. The largest absolute Gasteiger partial charge is 0.465 e. The van der Waals surface area contributed by atoms with Gasteiger partial charge in [-0.2, -0.15) is 0 Å². The molecule has 0 aliphatic rings. The molecule has 0 aliphatic carbocycles. The van der Waals surface area contributed by atoms with Crippen LogP contribution in [0.25, 0.3) is 21.6 Å². The van der Waals surface area contributed by atoms with Crippen molar-refractivity contribution in [2.24, 2.45) is 0 Å². The number of thiazole rings is 1. The number of aromatic nitrogens is 2. The average Bonchev–Trinajstić information content (AvgIpc) is 3.26. The lowest BCUT2D eigenvalue weighted by molar-refractivity contribution is -0.141. The highest BCUT2D eigenvalue weighted by Crippen LogP contribution is 2.30. The molecule has 2 heterocycles. The van der Waals surface area contributed by atoms with Gasteiger partial charge in [0.05, 0.1) is 12.3 Å². The van der Waals surface area contributed by atoms with Gasteiger partial charge in [0, 0.05) is 22.8 Å². The van der Waals surface area contributed by atoms with Crippen LogP contribution < -0.4 is 5.32 Å². The van der Waals surface area contributed by atoms with E-state index in [4.69, 9.17) is 4.74 Å². The number of fused-ring (bicyclic) bond motifs is 1. The molecule has 6 nitrogen and oxygen atoms in total. The van der Waals surface area contributed by atoms with Gasteiger partial charge in [0.25, 0.3) is 5.91 Å². The third kappa shape index (κ3) is 3.77. The van der Waals surface area contributed by atoms with Gasteiger partial charge in [-0.25, -0.2) is 4.98 Å². The smallest absolute Gasteiger partial charge is 0.325 e. The van der Waals surface area contributed by atoms with Gasteiger partial charge in [0.15, 0.2) is 0 Å². The third-order valence-corrected chi connectivity index (χ3v) is 4.78. The fourth-order valence-corrected chi connectivity index (χ4v) is 3.63. The Morgan fingerprint density at radius 3 is 2.85 bits per heavy atom. The van der Waals surface area contributed by atoms with Gasteiger partial charge in [0.2, 0.25) is 0 Å². The molecule has 0 saturated carbocycles. The first-order valence-electron chi connectivity index (χ1n) is 8.62. The fourth-order valence-electron chi connectivity index (χ4n) is 2.80. The fraction of sp³-hybridized carbons (Fsp3) is 0.316. The monoisotopic (exact) mass is 371 g/mol. The average molecular weight is 371 g/mol. The zero-order valence-corrected chi connectivity index (χ0v) is 15.6. The van der Waals surface area contributed by atoms with Crippen LogP contribution in [0.5, 0.6) is 0 Å². The Labute approximate surface area is 155 Å². The SMILES string of the molecule is CCCn1c(-c2nc(C(=O)NCC(=O)OCC)cs2)cc2ccccc21. The Bertz CT molecular complexity index is 929. The maximum Gasteiger partial charge on any atom is 0.325 e. The molecule has 0 aliphatic heterocycles. The lowest BCUT2D eigenvalue weighted by Gasteiger charge is -2.07. The number of aryl methyl sites for hydroxylation is 1. The van der Waals surface area contributed by atoms with Gasteiger partial charge in [0.1, 0.15) is 17.2 Å². The molecule has 26 heavy (non-hydrogen) atoms. The van der Waals surface area contributed by atoms with Gasteiger partial charge >= 0.3 is 5.97 Å². The topological polar surface area (TPSA) is 73.2 Å². The second kappa shape index (κ2) is 8.14. The maximum atomic E-state index is 12.2. The Morgan fingerprint density at radius 2 is 2.08 bits per heavy atom. The van der Waals surface area contributed by atoms with Crippen molar-refractivity contribution in [2.75, 3.05) is 13.2 Å². The van der Waals surface area contributed by atoms with Crippen LogP contribution in [-0.2, 0) is 16.1 Å². The van der Waals surface area contributed by atoms with Crippen LogP contribution in [0.4, 0.5) is 0 Å². The second-order valence-electron chi connectivity index (χ2n) is 5.77. The quantitative estimate of drug-likeness (QED) is 0.646. The highest BCUT2D eigenvalue weighted by Gasteiger charge is 2.17. The predicted octanol–water partition coefficient (Wildman–Crippen LogP) is 3.47. The molecule has 0 radical (unpaired) electrons. The van der Waals surface area contributed by atoms with Crippen molar-refractivity contribution in [1.29, 1.82) is 0 Å². The van der Waals surface area contributed by atoms with Crippen LogP contribution in [0.3, 0.4) is 0 Å². The summed E-state index contributed by atoms with van der Waals surface area (Å²) in [4.78, 5) is 28.0. The minimum absolute atomic E-state index is 0.157. The number of hydrogen-bond acceptors (Lipinski definition) is 5. The number of nitrogens with zero attached hydrogens (tertiary/aromatic N) is 2. The number of benzene rings is 1. The van der Waals surface area contributed by atoms with Gasteiger partial charge in [-0.3, -0.25) is 9.59 Å².